The molecule has 0 heterocycles. The number of rotatable bonds is 11. The van der Waals surface area contributed by atoms with Gasteiger partial charge in [-0.2, -0.15) is 0 Å². The molecule has 1 aliphatic rings. The third-order valence-corrected chi connectivity index (χ3v) is 5.35. The van der Waals surface area contributed by atoms with Crippen LogP contribution in [0.25, 0.3) is 0 Å². The zero-order valence-corrected chi connectivity index (χ0v) is 21.8. The first kappa shape index (κ1) is 31.4. The number of methoxy groups -OCH3 is 1. The molecule has 192 valence electrons. The Hall–Kier alpha value is -2.63. The van der Waals surface area contributed by atoms with Gasteiger partial charge in [0, 0.05) is 12.8 Å². The molecule has 0 aliphatic heterocycles. The van der Waals surface area contributed by atoms with Gasteiger partial charge >= 0.3 is 5.97 Å². The van der Waals surface area contributed by atoms with Crippen LogP contribution in [-0.2, 0) is 25.5 Å². The summed E-state index contributed by atoms with van der Waals surface area (Å²) >= 11 is 0. The average Bonchev–Trinajstić information content (AvgIpc) is 2.87. The Morgan fingerprint density at radius 1 is 1.03 bits per heavy atom. The van der Waals surface area contributed by atoms with E-state index >= 15 is 0 Å². The van der Waals surface area contributed by atoms with Gasteiger partial charge in [-0.05, 0) is 31.7 Å². The van der Waals surface area contributed by atoms with E-state index in [1.807, 2.05) is 51.1 Å². The van der Waals surface area contributed by atoms with Gasteiger partial charge in [-0.1, -0.05) is 88.3 Å². The van der Waals surface area contributed by atoms with Gasteiger partial charge in [0.1, 0.15) is 6.04 Å². The second-order valence-electron chi connectivity index (χ2n) is 8.27. The second-order valence-corrected chi connectivity index (χ2v) is 8.27. The van der Waals surface area contributed by atoms with Gasteiger partial charge in [0.05, 0.1) is 13.7 Å². The van der Waals surface area contributed by atoms with Gasteiger partial charge in [-0.25, -0.2) is 4.79 Å². The Labute approximate surface area is 206 Å². The minimum atomic E-state index is -0.793. The van der Waals surface area contributed by atoms with Crippen LogP contribution in [0, 0.1) is 6.92 Å². The Balaban J connectivity index is 0.00000115. The van der Waals surface area contributed by atoms with E-state index in [9.17, 15) is 14.4 Å². The van der Waals surface area contributed by atoms with E-state index < -0.39 is 17.9 Å². The first-order valence-corrected chi connectivity index (χ1v) is 12.8. The highest BCUT2D eigenvalue weighted by atomic mass is 16.5. The molecule has 1 aliphatic carbocycles. The zero-order valence-electron chi connectivity index (χ0n) is 21.8. The molecule has 6 heteroatoms. The minimum Gasteiger partial charge on any atom is -0.467 e. The number of ether oxygens (including phenoxy) is 1. The molecule has 1 unspecified atom stereocenters. The predicted molar refractivity (Wildman–Crippen MR) is 140 cm³/mol. The molecule has 34 heavy (non-hydrogen) atoms. The maximum Gasteiger partial charge on any atom is 0.328 e. The SMILES string of the molecule is C1CCCCC1.C=CCCCCC(=O)NCC(=O)NC(Cc1cccc(C)c1)C(=O)OC.CC. The number of amides is 2. The number of benzene rings is 1. The Bertz CT molecular complexity index is 703. The lowest BCUT2D eigenvalue weighted by molar-refractivity contribution is -0.145. The van der Waals surface area contributed by atoms with Crippen LogP contribution in [0.3, 0.4) is 0 Å². The fourth-order valence-electron chi connectivity index (χ4n) is 3.56. The van der Waals surface area contributed by atoms with Crippen LogP contribution in [0.1, 0.15) is 89.2 Å². The molecule has 6 nitrogen and oxygen atoms in total. The summed E-state index contributed by atoms with van der Waals surface area (Å²) in [5, 5.41) is 5.19. The van der Waals surface area contributed by atoms with Crippen molar-refractivity contribution in [3.63, 3.8) is 0 Å². The van der Waals surface area contributed by atoms with Crippen molar-refractivity contribution in [1.82, 2.24) is 10.6 Å². The molecule has 0 saturated heterocycles. The summed E-state index contributed by atoms with van der Waals surface area (Å²) in [4.78, 5) is 35.7. The monoisotopic (exact) mass is 474 g/mol. The standard InChI is InChI=1S/C20H28N2O4.C6H12.C2H6/c1-4-5-6-7-11-18(23)21-14-19(24)22-17(20(25)26-3)13-16-10-8-9-15(2)12-16;1-2-4-6-5-3-1;1-2/h4,8-10,12,17H,1,5-7,11,13-14H2,2-3H3,(H,21,23)(H,22,24);1-6H2;1-2H3. The van der Waals surface area contributed by atoms with Crippen LogP contribution < -0.4 is 10.6 Å². The minimum absolute atomic E-state index is 0.165. The fourth-order valence-corrected chi connectivity index (χ4v) is 3.56. The number of allylic oxidation sites excluding steroid dienone is 1. The van der Waals surface area contributed by atoms with Crippen LogP contribution in [0.4, 0.5) is 0 Å². The molecule has 1 atom stereocenters. The lowest BCUT2D eigenvalue weighted by atomic mass is 10.0. The second kappa shape index (κ2) is 20.9. The molecule has 2 N–H and O–H groups in total. The molecule has 1 saturated carbocycles. The molecule has 0 spiro atoms. The lowest BCUT2D eigenvalue weighted by Crippen LogP contribution is -2.47. The molecule has 1 aromatic rings. The number of aryl methyl sites for hydroxylation is 1. The number of nitrogens with one attached hydrogen (secondary N) is 2. The van der Waals surface area contributed by atoms with Crippen molar-refractivity contribution >= 4 is 17.8 Å². The van der Waals surface area contributed by atoms with Gasteiger partial charge in [-0.3, -0.25) is 9.59 Å². The molecule has 2 rings (SSSR count). The zero-order chi connectivity index (χ0) is 25.6. The van der Waals surface area contributed by atoms with E-state index in [-0.39, 0.29) is 12.5 Å². The van der Waals surface area contributed by atoms with E-state index in [1.54, 1.807) is 0 Å². The number of carbonyl (C=O) groups is 3. The molecule has 0 radical (unpaired) electrons. The van der Waals surface area contributed by atoms with Crippen molar-refractivity contribution in [2.24, 2.45) is 0 Å². The summed E-state index contributed by atoms with van der Waals surface area (Å²) < 4.78 is 4.77. The first-order chi connectivity index (χ1) is 16.5. The van der Waals surface area contributed by atoms with Crippen molar-refractivity contribution < 1.29 is 19.1 Å². The van der Waals surface area contributed by atoms with Crippen LogP contribution in [-0.4, -0.2) is 37.5 Å². The highest BCUT2D eigenvalue weighted by molar-refractivity contribution is 5.88. The molecule has 1 aromatic carbocycles. The first-order valence-electron chi connectivity index (χ1n) is 12.8. The van der Waals surface area contributed by atoms with E-state index in [0.717, 1.165) is 30.4 Å². The molecule has 2 amide bonds. The number of carbonyl (C=O) groups excluding carboxylic acids is 3. The van der Waals surface area contributed by atoms with Crippen LogP contribution in [0.5, 0.6) is 0 Å². The maximum absolute atomic E-state index is 12.1. The molecule has 1 fully saturated rings. The molecule has 0 aromatic heterocycles. The number of hydrogen-bond acceptors (Lipinski definition) is 4. The van der Waals surface area contributed by atoms with Crippen molar-refractivity contribution in [3.05, 3.63) is 48.0 Å². The van der Waals surface area contributed by atoms with Gasteiger partial charge in [-0.15, -0.1) is 6.58 Å². The van der Waals surface area contributed by atoms with Gasteiger partial charge in [0.25, 0.3) is 0 Å². The van der Waals surface area contributed by atoms with Gasteiger partial charge < -0.3 is 15.4 Å². The summed E-state index contributed by atoms with van der Waals surface area (Å²) in [5.74, 6) is -1.12. The van der Waals surface area contributed by atoms with E-state index in [4.69, 9.17) is 4.74 Å². The van der Waals surface area contributed by atoms with E-state index in [0.29, 0.717) is 12.8 Å². The summed E-state index contributed by atoms with van der Waals surface area (Å²) in [7, 11) is 1.28. The summed E-state index contributed by atoms with van der Waals surface area (Å²) in [6.45, 7) is 9.42. The van der Waals surface area contributed by atoms with Crippen molar-refractivity contribution in [2.45, 2.75) is 97.4 Å². The highest BCUT2D eigenvalue weighted by Crippen LogP contribution is 2.15. The third kappa shape index (κ3) is 16.1. The third-order valence-electron chi connectivity index (χ3n) is 5.35. The summed E-state index contributed by atoms with van der Waals surface area (Å²) in [5.41, 5.74) is 1.99. The Morgan fingerprint density at radius 2 is 1.65 bits per heavy atom. The van der Waals surface area contributed by atoms with Crippen LogP contribution in [0.15, 0.2) is 36.9 Å². The molecule has 0 bridgehead atoms. The lowest BCUT2D eigenvalue weighted by Gasteiger charge is -2.17. The van der Waals surface area contributed by atoms with Gasteiger partial charge in [0.15, 0.2) is 0 Å². The molecular formula is C28H46N2O4. The predicted octanol–water partition coefficient (Wildman–Crippen LogP) is 5.42. The quantitative estimate of drug-likeness (QED) is 0.255. The van der Waals surface area contributed by atoms with E-state index in [2.05, 4.69) is 17.2 Å². The van der Waals surface area contributed by atoms with Crippen molar-refractivity contribution in [3.8, 4) is 0 Å². The normalized spacial score (nSPS) is 13.1. The smallest absolute Gasteiger partial charge is 0.328 e. The maximum atomic E-state index is 12.1. The summed E-state index contributed by atoms with van der Waals surface area (Å²) in [6, 6.07) is 6.90. The number of hydrogen-bond donors (Lipinski definition) is 2. The summed E-state index contributed by atoms with van der Waals surface area (Å²) in [6.07, 6.45) is 14.0. The topological polar surface area (TPSA) is 84.5 Å². The van der Waals surface area contributed by atoms with Crippen molar-refractivity contribution in [2.75, 3.05) is 13.7 Å². The molecular weight excluding hydrogens is 428 g/mol. The largest absolute Gasteiger partial charge is 0.467 e. The number of unbranched alkanes of at least 4 members (excludes halogenated alkanes) is 2. The fraction of sp³-hybridized carbons (Fsp3) is 0.607. The average molecular weight is 475 g/mol. The highest BCUT2D eigenvalue weighted by Gasteiger charge is 2.22. The number of esters is 1. The Morgan fingerprint density at radius 3 is 2.18 bits per heavy atom. The van der Waals surface area contributed by atoms with Crippen LogP contribution in [0.2, 0.25) is 0 Å². The van der Waals surface area contributed by atoms with E-state index in [1.165, 1.54) is 45.6 Å². The van der Waals surface area contributed by atoms with Gasteiger partial charge in [0.2, 0.25) is 11.8 Å². The van der Waals surface area contributed by atoms with Crippen molar-refractivity contribution in [1.29, 1.82) is 0 Å². The Kier molecular flexibility index (Phi) is 19.3. The van der Waals surface area contributed by atoms with Crippen LogP contribution >= 0.6 is 0 Å².